The Morgan fingerprint density at radius 1 is 0.960 bits per heavy atom. The van der Waals surface area contributed by atoms with Crippen molar-refractivity contribution in [2.45, 2.75) is 6.92 Å². The summed E-state index contributed by atoms with van der Waals surface area (Å²) in [5, 5.41) is 9.52. The maximum atomic E-state index is 12.5. The Bertz CT molecular complexity index is 961. The summed E-state index contributed by atoms with van der Waals surface area (Å²) in [5.41, 5.74) is 3.08. The molecule has 2 aromatic carbocycles. The molecule has 122 valence electrons. The van der Waals surface area contributed by atoms with Gasteiger partial charge >= 0.3 is 35.5 Å². The average Bonchev–Trinajstić information content (AvgIpc) is 2.57. The molecule has 3 aromatic rings. The molecule has 4 nitrogen and oxygen atoms in total. The molecule has 0 unspecified atom stereocenters. The number of carbonyl (C=O) groups is 1. The zero-order chi connectivity index (χ0) is 17.3. The second-order valence-electron chi connectivity index (χ2n) is 5.71. The first-order valence-electron chi connectivity index (χ1n) is 7.59. The maximum absolute atomic E-state index is 12.5. The molecule has 0 atom stereocenters. The van der Waals surface area contributed by atoms with E-state index in [4.69, 9.17) is 0 Å². The van der Waals surface area contributed by atoms with Crippen LogP contribution in [-0.4, -0.2) is 45.2 Å². The fraction of sp³-hybridized carbons (Fsp3) is 0.100. The fourth-order valence-corrected chi connectivity index (χ4v) is 2.84. The number of nitrogens with zero attached hydrogens (tertiary/aromatic N) is 1. The number of rotatable bonds is 3. The van der Waals surface area contributed by atoms with Crippen molar-refractivity contribution in [2.75, 3.05) is 0 Å². The summed E-state index contributed by atoms with van der Waals surface area (Å²) in [6.45, 7) is 1.99. The monoisotopic (exact) mass is 343 g/mol. The number of benzene rings is 2. The molecule has 0 radical (unpaired) electrons. The molecule has 25 heavy (non-hydrogen) atoms. The zero-order valence-electron chi connectivity index (χ0n) is 13.5. The van der Waals surface area contributed by atoms with Crippen molar-refractivity contribution in [3.63, 3.8) is 0 Å². The van der Waals surface area contributed by atoms with E-state index in [1.807, 2.05) is 49.4 Å². The Morgan fingerprint density at radius 2 is 1.56 bits per heavy atom. The van der Waals surface area contributed by atoms with E-state index in [0.29, 0.717) is 17.0 Å². The predicted molar refractivity (Wildman–Crippen MR) is 101 cm³/mol. The van der Waals surface area contributed by atoms with Crippen molar-refractivity contribution in [1.29, 1.82) is 0 Å². The van der Waals surface area contributed by atoms with E-state index in [0.717, 1.165) is 11.1 Å². The van der Waals surface area contributed by atoms with Gasteiger partial charge in [0.05, 0.1) is 11.4 Å². The van der Waals surface area contributed by atoms with Crippen LogP contribution < -0.4 is 5.43 Å². The number of aryl methyl sites for hydroxylation is 1. The van der Waals surface area contributed by atoms with Gasteiger partial charge in [0.25, 0.3) is 0 Å². The summed E-state index contributed by atoms with van der Waals surface area (Å²) in [7, 11) is 1.78. The number of hydrogen-bond acceptors (Lipinski definition) is 2. The van der Waals surface area contributed by atoms with Gasteiger partial charge in [0, 0.05) is 13.1 Å². The molecule has 0 spiro atoms. The van der Waals surface area contributed by atoms with Crippen LogP contribution in [0.4, 0.5) is 0 Å². The molecule has 0 aliphatic rings. The van der Waals surface area contributed by atoms with E-state index in [2.05, 4.69) is 0 Å². The summed E-state index contributed by atoms with van der Waals surface area (Å²) in [4.78, 5) is 24.1. The molecule has 0 fully saturated rings. The number of aromatic nitrogens is 1. The Kier molecular flexibility index (Phi) is 6.01. The summed E-state index contributed by atoms with van der Waals surface area (Å²) >= 11 is 0. The average molecular weight is 343 g/mol. The zero-order valence-corrected chi connectivity index (χ0v) is 13.5. The van der Waals surface area contributed by atoms with Crippen molar-refractivity contribution in [3.05, 3.63) is 82.0 Å². The predicted octanol–water partition coefficient (Wildman–Crippen LogP) is 3.08. The number of carboxylic acids is 1. The van der Waals surface area contributed by atoms with Crippen LogP contribution in [0.1, 0.15) is 15.9 Å². The van der Waals surface area contributed by atoms with Crippen molar-refractivity contribution >= 4 is 35.5 Å². The van der Waals surface area contributed by atoms with Gasteiger partial charge in [-0.05, 0) is 18.1 Å². The second-order valence-corrected chi connectivity index (χ2v) is 5.71. The third kappa shape index (κ3) is 3.76. The molecule has 0 saturated heterocycles. The van der Waals surface area contributed by atoms with Gasteiger partial charge in [-0.1, -0.05) is 60.2 Å². The SMILES string of the molecule is Cc1ccc(-c2cc(=O)c(C(=O)O)c(-c3ccccc3)n2C)cc1.[NaH]. The summed E-state index contributed by atoms with van der Waals surface area (Å²) in [6.07, 6.45) is 0. The second kappa shape index (κ2) is 7.83. The normalized spacial score (nSPS) is 10.2. The number of pyridine rings is 1. The molecule has 3 rings (SSSR count). The number of carboxylic acid groups (broad SMARTS) is 1. The van der Waals surface area contributed by atoms with Crippen LogP contribution in [0, 0.1) is 6.92 Å². The quantitative estimate of drug-likeness (QED) is 0.744. The van der Waals surface area contributed by atoms with Gasteiger partial charge in [-0.2, -0.15) is 0 Å². The minimum atomic E-state index is -1.22. The van der Waals surface area contributed by atoms with Gasteiger partial charge in [0.2, 0.25) is 0 Å². The van der Waals surface area contributed by atoms with Crippen molar-refractivity contribution in [1.82, 2.24) is 4.57 Å². The molecule has 0 saturated carbocycles. The molecule has 1 aromatic heterocycles. The third-order valence-electron chi connectivity index (χ3n) is 4.06. The first-order valence-corrected chi connectivity index (χ1v) is 7.59. The van der Waals surface area contributed by atoms with E-state index < -0.39 is 11.4 Å². The Hall–Kier alpha value is -2.14. The van der Waals surface area contributed by atoms with E-state index in [9.17, 15) is 14.7 Å². The van der Waals surface area contributed by atoms with Crippen molar-refractivity contribution < 1.29 is 9.90 Å². The van der Waals surface area contributed by atoms with Crippen molar-refractivity contribution in [3.8, 4) is 22.5 Å². The van der Waals surface area contributed by atoms with Gasteiger partial charge in [-0.25, -0.2) is 4.79 Å². The Balaban J connectivity index is 0.00000225. The van der Waals surface area contributed by atoms with Crippen LogP contribution in [0.2, 0.25) is 0 Å². The van der Waals surface area contributed by atoms with Crippen LogP contribution in [0.15, 0.2) is 65.5 Å². The molecular weight excluding hydrogens is 325 g/mol. The van der Waals surface area contributed by atoms with Gasteiger partial charge < -0.3 is 9.67 Å². The molecule has 5 heteroatoms. The molecule has 0 amide bonds. The van der Waals surface area contributed by atoms with Gasteiger partial charge in [-0.15, -0.1) is 0 Å². The summed E-state index contributed by atoms with van der Waals surface area (Å²) in [6, 6.07) is 18.3. The standard InChI is InChI=1S/C20H17NO3.Na.H/c1-13-8-10-14(11-9-13)16-12-17(22)18(20(23)24)19(21(16)2)15-6-4-3-5-7-15;;/h3-12H,1-2H3,(H,23,24);;. The number of hydrogen-bond donors (Lipinski definition) is 1. The summed E-state index contributed by atoms with van der Waals surface area (Å²) < 4.78 is 1.77. The third-order valence-corrected chi connectivity index (χ3v) is 4.06. The van der Waals surface area contributed by atoms with E-state index in [1.165, 1.54) is 6.07 Å². The molecule has 0 aliphatic carbocycles. The topological polar surface area (TPSA) is 59.3 Å². The molecular formula is C20H18NNaO3. The fourth-order valence-electron chi connectivity index (χ4n) is 2.84. The Labute approximate surface area is 168 Å². The van der Waals surface area contributed by atoms with Gasteiger partial charge in [0.1, 0.15) is 5.56 Å². The van der Waals surface area contributed by atoms with E-state index in [1.54, 1.807) is 23.7 Å². The van der Waals surface area contributed by atoms with Crippen LogP contribution in [0.25, 0.3) is 22.5 Å². The minimum absolute atomic E-state index is 0. The first kappa shape index (κ1) is 19.2. The number of aromatic carboxylic acids is 1. The molecule has 0 bridgehead atoms. The summed E-state index contributed by atoms with van der Waals surface area (Å²) in [5.74, 6) is -1.22. The van der Waals surface area contributed by atoms with Crippen molar-refractivity contribution in [2.24, 2.45) is 7.05 Å². The van der Waals surface area contributed by atoms with Crippen LogP contribution in [0.5, 0.6) is 0 Å². The van der Waals surface area contributed by atoms with Gasteiger partial charge in [-0.3, -0.25) is 4.79 Å². The van der Waals surface area contributed by atoms with Crippen LogP contribution >= 0.6 is 0 Å². The molecule has 0 aliphatic heterocycles. The Morgan fingerprint density at radius 3 is 2.12 bits per heavy atom. The van der Waals surface area contributed by atoms with Crippen LogP contribution in [-0.2, 0) is 7.05 Å². The molecule has 1 heterocycles. The first-order chi connectivity index (χ1) is 11.5. The van der Waals surface area contributed by atoms with Gasteiger partial charge in [0.15, 0.2) is 5.43 Å². The molecule has 1 N–H and O–H groups in total. The van der Waals surface area contributed by atoms with E-state index >= 15 is 0 Å². The van der Waals surface area contributed by atoms with Crippen LogP contribution in [0.3, 0.4) is 0 Å². The van der Waals surface area contributed by atoms with E-state index in [-0.39, 0.29) is 35.1 Å².